The van der Waals surface area contributed by atoms with Gasteiger partial charge in [-0.1, -0.05) is 29.8 Å². The van der Waals surface area contributed by atoms with Crippen LogP contribution in [-0.4, -0.2) is 56.8 Å². The Morgan fingerprint density at radius 3 is 2.27 bits per heavy atom. The Labute approximate surface area is 197 Å². The number of hydrogen-bond acceptors (Lipinski definition) is 4. The van der Waals surface area contributed by atoms with E-state index in [2.05, 4.69) is 0 Å². The predicted molar refractivity (Wildman–Crippen MR) is 129 cm³/mol. The lowest BCUT2D eigenvalue weighted by Gasteiger charge is -2.39. The van der Waals surface area contributed by atoms with Crippen molar-refractivity contribution in [3.05, 3.63) is 58.7 Å². The van der Waals surface area contributed by atoms with Crippen LogP contribution in [0.5, 0.6) is 5.75 Å². The summed E-state index contributed by atoms with van der Waals surface area (Å²) >= 11 is 0. The molecule has 4 rings (SSSR count). The second-order valence-corrected chi connectivity index (χ2v) is 11.6. The quantitative estimate of drug-likeness (QED) is 0.665. The number of rotatable bonds is 5. The van der Waals surface area contributed by atoms with Crippen LogP contribution in [0, 0.1) is 26.2 Å². The first-order valence-electron chi connectivity index (χ1n) is 11.6. The first-order chi connectivity index (χ1) is 15.6. The highest BCUT2D eigenvalue weighted by molar-refractivity contribution is 7.89. The number of benzene rings is 2. The maximum Gasteiger partial charge on any atom is 0.243 e. The van der Waals surface area contributed by atoms with Crippen LogP contribution in [-0.2, 0) is 21.2 Å². The van der Waals surface area contributed by atoms with Gasteiger partial charge in [0.15, 0.2) is 0 Å². The first kappa shape index (κ1) is 23.8. The topological polar surface area (TPSA) is 66.9 Å². The Hall–Kier alpha value is -2.38. The molecular weight excluding hydrogens is 436 g/mol. The molecule has 2 aromatic rings. The molecule has 2 aliphatic rings. The monoisotopic (exact) mass is 470 g/mol. The van der Waals surface area contributed by atoms with Crippen molar-refractivity contribution in [3.8, 4) is 5.75 Å². The molecule has 0 aromatic heterocycles. The number of amides is 1. The van der Waals surface area contributed by atoms with Gasteiger partial charge in [-0.3, -0.25) is 4.79 Å². The molecule has 7 heteroatoms. The summed E-state index contributed by atoms with van der Waals surface area (Å²) in [5.74, 6) is 0.871. The average Bonchev–Trinajstić information content (AvgIpc) is 3.18. The number of nitrogens with zero attached hydrogens (tertiary/aromatic N) is 2. The zero-order valence-corrected chi connectivity index (χ0v) is 20.9. The van der Waals surface area contributed by atoms with Crippen molar-refractivity contribution in [2.24, 2.45) is 5.41 Å². The molecule has 2 aromatic carbocycles. The van der Waals surface area contributed by atoms with Gasteiger partial charge in [0, 0.05) is 26.2 Å². The molecule has 33 heavy (non-hydrogen) atoms. The molecule has 0 N–H and O–H groups in total. The number of piperidine rings is 1. The highest BCUT2D eigenvalue weighted by Crippen LogP contribution is 2.43. The minimum absolute atomic E-state index is 0.0354. The molecule has 2 saturated heterocycles. The molecule has 178 valence electrons. The number of methoxy groups -OCH3 is 1. The standard InChI is InChI=1S/C26H34N2O4S/c1-19-14-20(2)25(21(3)15-19)33(30,31)28-13-10-26(18-28)8-11-27(12-9-26)24(29)17-22-6-5-7-23(16-22)32-4/h5-7,14-16H,8-13,17-18H2,1-4H3. The van der Waals surface area contributed by atoms with Gasteiger partial charge in [-0.15, -0.1) is 0 Å². The third-order valence-electron chi connectivity index (χ3n) is 7.27. The van der Waals surface area contributed by atoms with Crippen LogP contribution >= 0.6 is 0 Å². The first-order valence-corrected chi connectivity index (χ1v) is 13.1. The SMILES string of the molecule is COc1cccc(CC(=O)N2CCC3(CC2)CCN(S(=O)(=O)c2c(C)cc(C)cc2C)C3)c1. The molecule has 2 fully saturated rings. The van der Waals surface area contributed by atoms with Crippen molar-refractivity contribution >= 4 is 15.9 Å². The summed E-state index contributed by atoms with van der Waals surface area (Å²) < 4.78 is 33.9. The van der Waals surface area contributed by atoms with E-state index in [-0.39, 0.29) is 11.3 Å². The Kier molecular flexibility index (Phi) is 6.56. The number of likely N-dealkylation sites (tertiary alicyclic amines) is 1. The van der Waals surface area contributed by atoms with Crippen LogP contribution in [0.25, 0.3) is 0 Å². The molecule has 2 heterocycles. The molecule has 0 aliphatic carbocycles. The normalized spacial score (nSPS) is 18.6. The van der Waals surface area contributed by atoms with Gasteiger partial charge >= 0.3 is 0 Å². The van der Waals surface area contributed by atoms with E-state index in [0.717, 1.165) is 47.3 Å². The average molecular weight is 471 g/mol. The number of sulfonamides is 1. The molecule has 2 aliphatic heterocycles. The van der Waals surface area contributed by atoms with Gasteiger partial charge in [0.05, 0.1) is 18.4 Å². The lowest BCUT2D eigenvalue weighted by Crippen LogP contribution is -2.45. The zero-order chi connectivity index (χ0) is 23.8. The third-order valence-corrected chi connectivity index (χ3v) is 9.42. The van der Waals surface area contributed by atoms with Gasteiger partial charge in [-0.2, -0.15) is 4.31 Å². The fourth-order valence-electron chi connectivity index (χ4n) is 5.51. The van der Waals surface area contributed by atoms with Gasteiger partial charge in [0.25, 0.3) is 0 Å². The summed E-state index contributed by atoms with van der Waals surface area (Å²) in [6.07, 6.45) is 2.90. The summed E-state index contributed by atoms with van der Waals surface area (Å²) in [4.78, 5) is 15.2. The molecule has 0 saturated carbocycles. The molecule has 6 nitrogen and oxygen atoms in total. The second kappa shape index (κ2) is 9.11. The molecule has 1 spiro atoms. The lowest BCUT2D eigenvalue weighted by molar-refractivity contribution is -0.132. The van der Waals surface area contributed by atoms with E-state index in [9.17, 15) is 13.2 Å². The van der Waals surface area contributed by atoms with Crippen LogP contribution in [0.15, 0.2) is 41.3 Å². The maximum absolute atomic E-state index is 13.5. The highest BCUT2D eigenvalue weighted by Gasteiger charge is 2.45. The van der Waals surface area contributed by atoms with Crippen molar-refractivity contribution in [1.82, 2.24) is 9.21 Å². The highest BCUT2D eigenvalue weighted by atomic mass is 32.2. The Morgan fingerprint density at radius 1 is 1.00 bits per heavy atom. The van der Waals surface area contributed by atoms with Gasteiger partial charge in [0.1, 0.15) is 5.75 Å². The number of aryl methyl sites for hydroxylation is 3. The van der Waals surface area contributed by atoms with E-state index < -0.39 is 10.0 Å². The third kappa shape index (κ3) is 4.80. The largest absolute Gasteiger partial charge is 0.497 e. The molecular formula is C26H34N2O4S. The fraction of sp³-hybridized carbons (Fsp3) is 0.500. The zero-order valence-electron chi connectivity index (χ0n) is 20.1. The van der Waals surface area contributed by atoms with Crippen LogP contribution in [0.1, 0.15) is 41.5 Å². The minimum Gasteiger partial charge on any atom is -0.497 e. The predicted octanol–water partition coefficient (Wildman–Crippen LogP) is 3.87. The summed E-state index contributed by atoms with van der Waals surface area (Å²) in [6, 6.07) is 11.5. The van der Waals surface area contributed by atoms with Gasteiger partial charge in [-0.25, -0.2) is 8.42 Å². The van der Waals surface area contributed by atoms with Crippen LogP contribution < -0.4 is 4.74 Å². The maximum atomic E-state index is 13.5. The molecule has 0 radical (unpaired) electrons. The van der Waals surface area contributed by atoms with E-state index in [0.29, 0.717) is 37.5 Å². The molecule has 0 atom stereocenters. The van der Waals surface area contributed by atoms with E-state index in [1.165, 1.54) is 0 Å². The van der Waals surface area contributed by atoms with Gasteiger partial charge in [0.2, 0.25) is 15.9 Å². The van der Waals surface area contributed by atoms with E-state index in [1.54, 1.807) is 11.4 Å². The Morgan fingerprint density at radius 2 is 1.64 bits per heavy atom. The number of ether oxygens (including phenoxy) is 1. The Balaban J connectivity index is 1.40. The van der Waals surface area contributed by atoms with Crippen molar-refractivity contribution in [1.29, 1.82) is 0 Å². The molecule has 0 bridgehead atoms. The fourth-order valence-corrected chi connectivity index (χ4v) is 7.47. The summed E-state index contributed by atoms with van der Waals surface area (Å²) in [5.41, 5.74) is 3.61. The van der Waals surface area contributed by atoms with E-state index in [4.69, 9.17) is 4.74 Å². The number of carbonyl (C=O) groups is 1. The van der Waals surface area contributed by atoms with Gasteiger partial charge < -0.3 is 9.64 Å². The minimum atomic E-state index is -3.53. The van der Waals surface area contributed by atoms with E-state index in [1.807, 2.05) is 62.1 Å². The summed E-state index contributed by atoms with van der Waals surface area (Å²) in [6.45, 7) is 8.20. The van der Waals surface area contributed by atoms with Crippen molar-refractivity contribution < 1.29 is 17.9 Å². The van der Waals surface area contributed by atoms with Crippen molar-refractivity contribution in [2.75, 3.05) is 33.3 Å². The van der Waals surface area contributed by atoms with Crippen LogP contribution in [0.3, 0.4) is 0 Å². The molecule has 1 amide bonds. The summed E-state index contributed by atoms with van der Waals surface area (Å²) in [7, 11) is -1.91. The van der Waals surface area contributed by atoms with E-state index >= 15 is 0 Å². The van der Waals surface area contributed by atoms with Crippen molar-refractivity contribution in [2.45, 2.75) is 51.3 Å². The van der Waals surface area contributed by atoms with Gasteiger partial charge in [-0.05, 0) is 74.3 Å². The number of hydrogen-bond donors (Lipinski definition) is 0. The number of carbonyl (C=O) groups excluding carboxylic acids is 1. The Bertz CT molecular complexity index is 1130. The summed E-state index contributed by atoms with van der Waals surface area (Å²) in [5, 5.41) is 0. The van der Waals surface area contributed by atoms with Crippen molar-refractivity contribution in [3.63, 3.8) is 0 Å². The smallest absolute Gasteiger partial charge is 0.243 e. The van der Waals surface area contributed by atoms with Crippen LogP contribution in [0.4, 0.5) is 0 Å². The van der Waals surface area contributed by atoms with Crippen LogP contribution in [0.2, 0.25) is 0 Å². The molecule has 0 unspecified atom stereocenters. The second-order valence-electron chi connectivity index (χ2n) is 9.73. The lowest BCUT2D eigenvalue weighted by atomic mass is 9.78.